The third kappa shape index (κ3) is 6.64. The van der Waals surface area contributed by atoms with Crippen LogP contribution >= 0.6 is 0 Å². The molecule has 1 saturated heterocycles. The van der Waals surface area contributed by atoms with E-state index in [4.69, 9.17) is 19.1 Å². The van der Waals surface area contributed by atoms with Crippen molar-refractivity contribution in [1.29, 1.82) is 0 Å². The Morgan fingerprint density at radius 1 is 1.00 bits per heavy atom. The molecule has 0 aromatic carbocycles. The van der Waals surface area contributed by atoms with Gasteiger partial charge in [-0.3, -0.25) is 0 Å². The van der Waals surface area contributed by atoms with Crippen molar-refractivity contribution in [3.63, 3.8) is 0 Å². The second-order valence-corrected chi connectivity index (χ2v) is 9.61. The lowest BCUT2D eigenvalue weighted by Gasteiger charge is -2.42. The predicted octanol–water partition coefficient (Wildman–Crippen LogP) is 3.80. The second kappa shape index (κ2) is 7.60. The Labute approximate surface area is 156 Å². The molecule has 1 atom stereocenters. The van der Waals surface area contributed by atoms with Crippen LogP contribution in [0.3, 0.4) is 0 Å². The summed E-state index contributed by atoms with van der Waals surface area (Å²) in [4.78, 5) is 35.3. The van der Waals surface area contributed by atoms with Gasteiger partial charge in [-0.05, 0) is 53.4 Å². The SMILES string of the molecule is CC(C)(C)OC(=O)ON(CC1(C(C)(C)C)CCON1)C(=O)OC(C)(C)C. The molecule has 0 aromatic rings. The smallest absolute Gasteiger partial charge is 0.442 e. The fourth-order valence-corrected chi connectivity index (χ4v) is 2.39. The summed E-state index contributed by atoms with van der Waals surface area (Å²) in [6.45, 7) is 17.0. The lowest BCUT2D eigenvalue weighted by atomic mass is 9.72. The summed E-state index contributed by atoms with van der Waals surface area (Å²) in [5.74, 6) is 0. The second-order valence-electron chi connectivity index (χ2n) is 9.61. The number of hydrogen-bond donors (Lipinski definition) is 1. The van der Waals surface area contributed by atoms with Gasteiger partial charge >= 0.3 is 12.2 Å². The molecule has 0 saturated carbocycles. The molecule has 1 unspecified atom stereocenters. The van der Waals surface area contributed by atoms with Crippen LogP contribution in [0.25, 0.3) is 0 Å². The summed E-state index contributed by atoms with van der Waals surface area (Å²) in [7, 11) is 0. The van der Waals surface area contributed by atoms with Gasteiger partial charge in [0.15, 0.2) is 0 Å². The molecule has 1 aliphatic heterocycles. The average molecular weight is 374 g/mol. The van der Waals surface area contributed by atoms with Crippen LogP contribution in [-0.2, 0) is 19.1 Å². The number of ether oxygens (including phenoxy) is 2. The van der Waals surface area contributed by atoms with E-state index in [-0.39, 0.29) is 12.0 Å². The number of hydroxylamine groups is 3. The van der Waals surface area contributed by atoms with Gasteiger partial charge in [-0.1, -0.05) is 20.8 Å². The molecule has 0 spiro atoms. The molecule has 1 amide bonds. The van der Waals surface area contributed by atoms with Crippen molar-refractivity contribution in [3.05, 3.63) is 0 Å². The Balaban J connectivity index is 3.03. The normalized spacial score (nSPS) is 21.3. The lowest BCUT2D eigenvalue weighted by Crippen LogP contribution is -2.59. The minimum Gasteiger partial charge on any atom is -0.442 e. The van der Waals surface area contributed by atoms with Crippen molar-refractivity contribution in [3.8, 4) is 0 Å². The molecule has 8 heteroatoms. The Morgan fingerprint density at radius 3 is 1.92 bits per heavy atom. The van der Waals surface area contributed by atoms with E-state index < -0.39 is 29.0 Å². The Hall–Kier alpha value is -1.54. The van der Waals surface area contributed by atoms with E-state index in [0.29, 0.717) is 13.0 Å². The molecule has 8 nitrogen and oxygen atoms in total. The summed E-state index contributed by atoms with van der Waals surface area (Å²) in [6, 6.07) is 0. The van der Waals surface area contributed by atoms with Crippen LogP contribution in [0.1, 0.15) is 68.7 Å². The number of hydrogen-bond acceptors (Lipinski definition) is 7. The first-order valence-corrected chi connectivity index (χ1v) is 8.85. The standard InChI is InChI=1S/C18H34N2O6/c1-15(2,3)18(10-11-23-19-18)12-20(13(21)24-16(4,5)6)26-14(22)25-17(7,8)9/h19H,10-12H2,1-9H3. The largest absolute Gasteiger partial charge is 0.534 e. The van der Waals surface area contributed by atoms with Crippen molar-refractivity contribution in [2.24, 2.45) is 5.41 Å². The molecule has 1 aliphatic rings. The Morgan fingerprint density at radius 2 is 1.54 bits per heavy atom. The highest BCUT2D eigenvalue weighted by atomic mass is 16.8. The maximum absolute atomic E-state index is 12.6. The number of amides is 1. The van der Waals surface area contributed by atoms with Gasteiger partial charge in [0.1, 0.15) is 11.2 Å². The summed E-state index contributed by atoms with van der Waals surface area (Å²) in [5.41, 5.74) is 0.638. The van der Waals surface area contributed by atoms with Crippen LogP contribution in [0.2, 0.25) is 0 Å². The van der Waals surface area contributed by atoms with Gasteiger partial charge in [-0.15, -0.1) is 5.06 Å². The molecule has 1 rings (SSSR count). The van der Waals surface area contributed by atoms with Gasteiger partial charge < -0.3 is 19.1 Å². The number of carbonyl (C=O) groups is 2. The first kappa shape index (κ1) is 22.5. The quantitative estimate of drug-likeness (QED) is 0.581. The molecule has 26 heavy (non-hydrogen) atoms. The molecule has 1 heterocycles. The van der Waals surface area contributed by atoms with Crippen LogP contribution in [0.15, 0.2) is 0 Å². The van der Waals surface area contributed by atoms with E-state index >= 15 is 0 Å². The molecule has 0 radical (unpaired) electrons. The fourth-order valence-electron chi connectivity index (χ4n) is 2.39. The maximum atomic E-state index is 12.6. The first-order valence-electron chi connectivity index (χ1n) is 8.85. The van der Waals surface area contributed by atoms with Crippen molar-refractivity contribution < 1.29 is 28.7 Å². The Bertz CT molecular complexity index is 507. The van der Waals surface area contributed by atoms with Crippen molar-refractivity contribution in [2.75, 3.05) is 13.2 Å². The van der Waals surface area contributed by atoms with Crippen LogP contribution in [0.4, 0.5) is 9.59 Å². The topological polar surface area (TPSA) is 86.3 Å². The minimum absolute atomic E-state index is 0.0602. The molecule has 0 aromatic heterocycles. The summed E-state index contributed by atoms with van der Waals surface area (Å²) >= 11 is 0. The van der Waals surface area contributed by atoms with Gasteiger partial charge in [0.2, 0.25) is 0 Å². The number of nitrogens with zero attached hydrogens (tertiary/aromatic N) is 1. The number of nitrogens with one attached hydrogen (secondary N) is 1. The first-order chi connectivity index (χ1) is 11.5. The molecular weight excluding hydrogens is 340 g/mol. The zero-order valence-electron chi connectivity index (χ0n) is 17.5. The van der Waals surface area contributed by atoms with Crippen molar-refractivity contribution in [2.45, 2.75) is 85.5 Å². The van der Waals surface area contributed by atoms with Crippen LogP contribution in [-0.4, -0.2) is 47.2 Å². The Kier molecular flexibility index (Phi) is 6.58. The van der Waals surface area contributed by atoms with Crippen molar-refractivity contribution in [1.82, 2.24) is 10.5 Å². The molecule has 1 N–H and O–H groups in total. The van der Waals surface area contributed by atoms with Gasteiger partial charge in [-0.2, -0.15) is 5.48 Å². The number of rotatable bonds is 2. The molecule has 0 bridgehead atoms. The lowest BCUT2D eigenvalue weighted by molar-refractivity contribution is -0.154. The predicted molar refractivity (Wildman–Crippen MR) is 96.1 cm³/mol. The van der Waals surface area contributed by atoms with Gasteiger partial charge in [0.25, 0.3) is 0 Å². The zero-order valence-corrected chi connectivity index (χ0v) is 17.5. The maximum Gasteiger partial charge on any atom is 0.534 e. The third-order valence-corrected chi connectivity index (χ3v) is 3.92. The van der Waals surface area contributed by atoms with E-state index in [1.165, 1.54) is 0 Å². The highest BCUT2D eigenvalue weighted by molar-refractivity contribution is 5.70. The fraction of sp³-hybridized carbons (Fsp3) is 0.889. The summed E-state index contributed by atoms with van der Waals surface area (Å²) in [6.07, 6.45) is -1.08. The van der Waals surface area contributed by atoms with Crippen LogP contribution in [0.5, 0.6) is 0 Å². The van der Waals surface area contributed by atoms with E-state index in [1.54, 1.807) is 41.5 Å². The number of carbonyl (C=O) groups excluding carboxylic acids is 2. The molecule has 152 valence electrons. The zero-order chi connectivity index (χ0) is 20.4. The third-order valence-electron chi connectivity index (χ3n) is 3.92. The highest BCUT2D eigenvalue weighted by Gasteiger charge is 2.49. The average Bonchev–Trinajstić information content (AvgIpc) is 2.82. The van der Waals surface area contributed by atoms with Gasteiger partial charge in [0, 0.05) is 0 Å². The monoisotopic (exact) mass is 374 g/mol. The van der Waals surface area contributed by atoms with Gasteiger partial charge in [-0.25, -0.2) is 9.59 Å². The molecule has 1 fully saturated rings. The van der Waals surface area contributed by atoms with E-state index in [9.17, 15) is 9.59 Å². The van der Waals surface area contributed by atoms with Crippen LogP contribution < -0.4 is 5.48 Å². The van der Waals surface area contributed by atoms with Gasteiger partial charge in [0.05, 0.1) is 18.7 Å². The van der Waals surface area contributed by atoms with E-state index in [2.05, 4.69) is 5.48 Å². The summed E-state index contributed by atoms with van der Waals surface area (Å²) < 4.78 is 10.6. The van der Waals surface area contributed by atoms with Crippen molar-refractivity contribution >= 4 is 12.2 Å². The van der Waals surface area contributed by atoms with E-state index in [0.717, 1.165) is 5.06 Å². The van der Waals surface area contributed by atoms with E-state index in [1.807, 2.05) is 20.8 Å². The summed E-state index contributed by atoms with van der Waals surface area (Å²) in [5, 5.41) is 0.909. The molecule has 0 aliphatic carbocycles. The minimum atomic E-state index is -0.966. The van der Waals surface area contributed by atoms with Crippen LogP contribution in [0, 0.1) is 5.41 Å². The highest BCUT2D eigenvalue weighted by Crippen LogP contribution is 2.37. The molecular formula is C18H34N2O6.